The fourth-order valence-electron chi connectivity index (χ4n) is 2.71. The first-order chi connectivity index (χ1) is 13.6. The van der Waals surface area contributed by atoms with E-state index in [2.05, 4.69) is 36.3 Å². The van der Waals surface area contributed by atoms with Crippen LogP contribution in [0.15, 0.2) is 65.4 Å². The van der Waals surface area contributed by atoms with Crippen LogP contribution in [0.25, 0.3) is 10.7 Å². The number of anilines is 1. The lowest BCUT2D eigenvalue weighted by molar-refractivity contribution is 0.102. The molecule has 8 heteroatoms. The van der Waals surface area contributed by atoms with Crippen molar-refractivity contribution in [3.05, 3.63) is 81.5 Å². The zero-order valence-electron chi connectivity index (χ0n) is 15.0. The molecule has 1 N–H and O–H groups in total. The Morgan fingerprint density at radius 1 is 1.14 bits per heavy atom. The molecule has 4 aromatic rings. The molecule has 0 fully saturated rings. The highest BCUT2D eigenvalue weighted by molar-refractivity contribution is 9.10. The first-order valence-electron chi connectivity index (χ1n) is 8.56. The van der Waals surface area contributed by atoms with Gasteiger partial charge in [-0.2, -0.15) is 5.10 Å². The molecular weight excluding hydrogens is 438 g/mol. The van der Waals surface area contributed by atoms with Gasteiger partial charge in [0.15, 0.2) is 0 Å². The number of carbonyl (C=O) groups excluding carboxylic acids is 1. The Morgan fingerprint density at radius 3 is 2.71 bits per heavy atom. The summed E-state index contributed by atoms with van der Waals surface area (Å²) in [5, 5.41) is 8.00. The molecule has 0 spiro atoms. The van der Waals surface area contributed by atoms with E-state index in [0.717, 1.165) is 20.7 Å². The molecule has 0 aliphatic heterocycles. The number of aromatic nitrogens is 4. The number of rotatable bonds is 5. The lowest BCUT2D eigenvalue weighted by Crippen LogP contribution is -2.16. The Labute approximate surface area is 174 Å². The normalized spacial score (nSPS) is 10.8. The van der Waals surface area contributed by atoms with Crippen molar-refractivity contribution in [2.45, 2.75) is 13.5 Å². The van der Waals surface area contributed by atoms with Crippen molar-refractivity contribution in [3.63, 3.8) is 0 Å². The molecule has 0 atom stereocenters. The van der Waals surface area contributed by atoms with E-state index in [1.54, 1.807) is 23.1 Å². The smallest absolute Gasteiger partial charge is 0.268 e. The third-order valence-electron chi connectivity index (χ3n) is 4.09. The molecule has 0 aliphatic rings. The van der Waals surface area contributed by atoms with E-state index in [1.165, 1.54) is 11.3 Å². The van der Waals surface area contributed by atoms with Crippen LogP contribution in [-0.4, -0.2) is 25.7 Å². The van der Waals surface area contributed by atoms with Crippen LogP contribution in [0, 0.1) is 6.92 Å². The Bertz CT molecular complexity index is 1110. The van der Waals surface area contributed by atoms with Gasteiger partial charge in [0.05, 0.1) is 24.1 Å². The Balaban J connectivity index is 1.53. The number of benzene rings is 1. The highest BCUT2D eigenvalue weighted by atomic mass is 79.9. The molecule has 3 heterocycles. The third-order valence-corrected chi connectivity index (χ3v) is 5.80. The Kier molecular flexibility index (Phi) is 5.31. The summed E-state index contributed by atoms with van der Waals surface area (Å²) in [7, 11) is 0. The molecule has 6 nitrogen and oxygen atoms in total. The van der Waals surface area contributed by atoms with Gasteiger partial charge in [0.25, 0.3) is 5.91 Å². The summed E-state index contributed by atoms with van der Waals surface area (Å²) >= 11 is 4.77. The van der Waals surface area contributed by atoms with Gasteiger partial charge in [-0.3, -0.25) is 9.78 Å². The molecule has 0 aliphatic carbocycles. The van der Waals surface area contributed by atoms with Crippen molar-refractivity contribution < 1.29 is 4.79 Å². The number of halogens is 1. The molecule has 1 aromatic carbocycles. The molecular formula is C20H16BrN5OS. The highest BCUT2D eigenvalue weighted by Gasteiger charge is 2.18. The summed E-state index contributed by atoms with van der Waals surface area (Å²) in [6, 6.07) is 15.4. The molecule has 0 radical (unpaired) electrons. The maximum absolute atomic E-state index is 12.8. The first kappa shape index (κ1) is 18.5. The Morgan fingerprint density at radius 2 is 1.96 bits per heavy atom. The maximum Gasteiger partial charge on any atom is 0.268 e. The topological polar surface area (TPSA) is 72.7 Å². The zero-order chi connectivity index (χ0) is 19.5. The highest BCUT2D eigenvalue weighted by Crippen LogP contribution is 2.27. The van der Waals surface area contributed by atoms with E-state index in [0.29, 0.717) is 22.9 Å². The van der Waals surface area contributed by atoms with Gasteiger partial charge in [-0.1, -0.05) is 34.1 Å². The summed E-state index contributed by atoms with van der Waals surface area (Å²) in [6.07, 6.45) is 3.39. The van der Waals surface area contributed by atoms with Gasteiger partial charge in [-0.05, 0) is 36.8 Å². The average Bonchev–Trinajstić information content (AvgIpc) is 3.31. The predicted molar refractivity (Wildman–Crippen MR) is 114 cm³/mol. The number of nitrogens with zero attached hydrogens (tertiary/aromatic N) is 4. The molecule has 140 valence electrons. The minimum Gasteiger partial charge on any atom is -0.306 e. The Hall–Kier alpha value is -2.84. The van der Waals surface area contributed by atoms with E-state index in [-0.39, 0.29) is 5.91 Å². The molecule has 0 saturated carbocycles. The van der Waals surface area contributed by atoms with Gasteiger partial charge in [0, 0.05) is 16.7 Å². The molecule has 0 saturated heterocycles. The summed E-state index contributed by atoms with van der Waals surface area (Å²) in [6.45, 7) is 2.40. The van der Waals surface area contributed by atoms with E-state index in [4.69, 9.17) is 0 Å². The molecule has 1 amide bonds. The number of hydrogen-bond acceptors (Lipinski definition) is 5. The van der Waals surface area contributed by atoms with Gasteiger partial charge in [0.1, 0.15) is 15.7 Å². The fraction of sp³-hybridized carbons (Fsp3) is 0.100. The van der Waals surface area contributed by atoms with E-state index in [1.807, 2.05) is 49.4 Å². The van der Waals surface area contributed by atoms with Crippen LogP contribution >= 0.6 is 27.3 Å². The second kappa shape index (κ2) is 8.04. The quantitative estimate of drug-likeness (QED) is 0.472. The third kappa shape index (κ3) is 4.02. The van der Waals surface area contributed by atoms with Crippen molar-refractivity contribution in [2.75, 3.05) is 5.32 Å². The molecule has 3 aromatic heterocycles. The lowest BCUT2D eigenvalue weighted by Gasteiger charge is -2.09. The van der Waals surface area contributed by atoms with Crippen LogP contribution in [0.2, 0.25) is 0 Å². The number of aryl methyl sites for hydroxylation is 1. The van der Waals surface area contributed by atoms with Crippen LogP contribution in [0.4, 0.5) is 5.82 Å². The standard InChI is InChI=1S/C20H16BrN5OS/c1-13-18(28-20(24-13)16-4-2-3-10-22-16)19(27)25-17-9-11-23-26(17)12-14-5-7-15(21)8-6-14/h2-11H,12H2,1H3,(H,25,27). The van der Waals surface area contributed by atoms with Crippen molar-refractivity contribution in [2.24, 2.45) is 0 Å². The lowest BCUT2D eigenvalue weighted by atomic mass is 10.2. The van der Waals surface area contributed by atoms with Crippen LogP contribution in [-0.2, 0) is 6.54 Å². The summed E-state index contributed by atoms with van der Waals surface area (Å²) < 4.78 is 2.78. The van der Waals surface area contributed by atoms with Gasteiger partial charge in [0.2, 0.25) is 0 Å². The van der Waals surface area contributed by atoms with Crippen LogP contribution in [0.1, 0.15) is 20.9 Å². The largest absolute Gasteiger partial charge is 0.306 e. The minimum atomic E-state index is -0.199. The number of amides is 1. The van der Waals surface area contributed by atoms with Crippen molar-refractivity contribution in [3.8, 4) is 10.7 Å². The summed E-state index contributed by atoms with van der Waals surface area (Å²) in [4.78, 5) is 22.2. The maximum atomic E-state index is 12.8. The van der Waals surface area contributed by atoms with Crippen molar-refractivity contribution >= 4 is 39.0 Å². The molecule has 28 heavy (non-hydrogen) atoms. The number of carbonyl (C=O) groups is 1. The van der Waals surface area contributed by atoms with Crippen LogP contribution < -0.4 is 5.32 Å². The van der Waals surface area contributed by atoms with Crippen molar-refractivity contribution in [1.82, 2.24) is 19.7 Å². The van der Waals surface area contributed by atoms with Gasteiger partial charge in [-0.25, -0.2) is 9.67 Å². The number of thiazole rings is 1. The number of hydrogen-bond donors (Lipinski definition) is 1. The average molecular weight is 454 g/mol. The van der Waals surface area contributed by atoms with Crippen LogP contribution in [0.3, 0.4) is 0 Å². The van der Waals surface area contributed by atoms with E-state index in [9.17, 15) is 4.79 Å². The second-order valence-electron chi connectivity index (χ2n) is 6.10. The monoisotopic (exact) mass is 453 g/mol. The molecule has 4 rings (SSSR count). The number of pyridine rings is 1. The van der Waals surface area contributed by atoms with Gasteiger partial charge >= 0.3 is 0 Å². The van der Waals surface area contributed by atoms with Crippen molar-refractivity contribution in [1.29, 1.82) is 0 Å². The van der Waals surface area contributed by atoms with Gasteiger partial charge < -0.3 is 5.32 Å². The first-order valence-corrected chi connectivity index (χ1v) is 10.2. The second-order valence-corrected chi connectivity index (χ2v) is 8.02. The summed E-state index contributed by atoms with van der Waals surface area (Å²) in [5.74, 6) is 0.440. The molecule has 0 unspecified atom stereocenters. The fourth-order valence-corrected chi connectivity index (χ4v) is 3.91. The summed E-state index contributed by atoms with van der Waals surface area (Å²) in [5.41, 5.74) is 2.53. The SMILES string of the molecule is Cc1nc(-c2ccccn2)sc1C(=O)Nc1ccnn1Cc1ccc(Br)cc1. The van der Waals surface area contributed by atoms with E-state index < -0.39 is 0 Å². The van der Waals surface area contributed by atoms with Gasteiger partial charge in [-0.15, -0.1) is 11.3 Å². The van der Waals surface area contributed by atoms with E-state index >= 15 is 0 Å². The molecule has 0 bridgehead atoms. The minimum absolute atomic E-state index is 0.199. The number of nitrogens with one attached hydrogen (secondary N) is 1. The zero-order valence-corrected chi connectivity index (χ0v) is 17.4. The van der Waals surface area contributed by atoms with Crippen LogP contribution in [0.5, 0.6) is 0 Å². The predicted octanol–water partition coefficient (Wildman–Crippen LogP) is 4.77.